The summed E-state index contributed by atoms with van der Waals surface area (Å²) in [5.41, 5.74) is -0.558. The van der Waals surface area contributed by atoms with Gasteiger partial charge in [0.15, 0.2) is 0 Å². The minimum absolute atomic E-state index is 0.0153. The van der Waals surface area contributed by atoms with Gasteiger partial charge < -0.3 is 14.6 Å². The van der Waals surface area contributed by atoms with Crippen LogP contribution in [-0.4, -0.2) is 35.7 Å². The molecule has 0 aliphatic carbocycles. The molecule has 6 heteroatoms. The van der Waals surface area contributed by atoms with Gasteiger partial charge in [-0.1, -0.05) is 41.5 Å². The maximum absolute atomic E-state index is 11.8. The first-order chi connectivity index (χ1) is 9.97. The molecule has 0 aromatic rings. The monoisotopic (exact) mass is 316 g/mol. The zero-order valence-electron chi connectivity index (χ0n) is 14.3. The van der Waals surface area contributed by atoms with E-state index in [-0.39, 0.29) is 37.3 Å². The Hall–Kier alpha value is -1.59. The number of ether oxygens (including phenoxy) is 2. The predicted octanol–water partition coefficient (Wildman–Crippen LogP) is 2.64. The summed E-state index contributed by atoms with van der Waals surface area (Å²) in [5.74, 6) is -2.09. The Morgan fingerprint density at radius 3 is 2.00 bits per heavy atom. The molecule has 0 amide bonds. The fourth-order valence-corrected chi connectivity index (χ4v) is 2.11. The molecule has 1 unspecified atom stereocenters. The summed E-state index contributed by atoms with van der Waals surface area (Å²) in [6.07, 6.45) is -0.888. The van der Waals surface area contributed by atoms with Gasteiger partial charge in [-0.2, -0.15) is 0 Å². The van der Waals surface area contributed by atoms with E-state index in [0.717, 1.165) is 0 Å². The molecular weight excluding hydrogens is 288 g/mol. The highest BCUT2D eigenvalue weighted by molar-refractivity contribution is 5.76. The van der Waals surface area contributed by atoms with E-state index in [1.165, 1.54) is 0 Å². The minimum atomic E-state index is -1.04. The van der Waals surface area contributed by atoms with Gasteiger partial charge in [-0.3, -0.25) is 14.4 Å². The predicted molar refractivity (Wildman–Crippen MR) is 81.2 cm³/mol. The molecule has 22 heavy (non-hydrogen) atoms. The summed E-state index contributed by atoms with van der Waals surface area (Å²) in [6.45, 7) is 11.2. The van der Waals surface area contributed by atoms with Crippen molar-refractivity contribution in [3.05, 3.63) is 0 Å². The molecule has 0 rings (SSSR count). The molecule has 0 radical (unpaired) electrons. The van der Waals surface area contributed by atoms with E-state index in [2.05, 4.69) is 0 Å². The zero-order chi connectivity index (χ0) is 17.5. The van der Waals surface area contributed by atoms with E-state index in [4.69, 9.17) is 14.6 Å². The molecule has 0 aromatic heterocycles. The highest BCUT2D eigenvalue weighted by atomic mass is 16.6. The van der Waals surface area contributed by atoms with Crippen LogP contribution in [0.4, 0.5) is 0 Å². The zero-order valence-corrected chi connectivity index (χ0v) is 14.3. The van der Waals surface area contributed by atoms with Gasteiger partial charge in [0.2, 0.25) is 0 Å². The molecule has 0 aliphatic heterocycles. The summed E-state index contributed by atoms with van der Waals surface area (Å²) < 4.78 is 10.7. The standard InChI is InChI=1S/C16H28O6/c1-10(2)14(22-13(19)8-7-12(17)18)16(5,6)9-21-15(20)11(3)4/h10-11,14H,7-9H2,1-6H3,(H,17,18). The van der Waals surface area contributed by atoms with Crippen molar-refractivity contribution in [2.45, 2.75) is 60.5 Å². The number of rotatable bonds is 9. The maximum Gasteiger partial charge on any atom is 0.308 e. The Morgan fingerprint density at radius 1 is 1.05 bits per heavy atom. The fraction of sp³-hybridized carbons (Fsp3) is 0.812. The van der Waals surface area contributed by atoms with Crippen molar-refractivity contribution in [1.82, 2.24) is 0 Å². The Kier molecular flexibility index (Phi) is 8.12. The van der Waals surface area contributed by atoms with E-state index in [1.54, 1.807) is 13.8 Å². The van der Waals surface area contributed by atoms with E-state index in [0.29, 0.717) is 0 Å². The average molecular weight is 316 g/mol. The molecule has 6 nitrogen and oxygen atoms in total. The fourth-order valence-electron chi connectivity index (χ4n) is 2.11. The summed E-state index contributed by atoms with van der Waals surface area (Å²) in [5, 5.41) is 8.60. The van der Waals surface area contributed by atoms with Crippen LogP contribution in [0.25, 0.3) is 0 Å². The normalized spacial score (nSPS) is 13.1. The molecule has 0 heterocycles. The second kappa shape index (κ2) is 8.76. The molecule has 0 bridgehead atoms. The van der Waals surface area contributed by atoms with Crippen LogP contribution in [0.15, 0.2) is 0 Å². The Morgan fingerprint density at radius 2 is 1.59 bits per heavy atom. The number of aliphatic carboxylic acids is 1. The molecular formula is C16H28O6. The Bertz CT molecular complexity index is 397. The number of hydrogen-bond acceptors (Lipinski definition) is 5. The lowest BCUT2D eigenvalue weighted by atomic mass is 9.81. The summed E-state index contributed by atoms with van der Waals surface area (Å²) >= 11 is 0. The number of carbonyl (C=O) groups is 3. The lowest BCUT2D eigenvalue weighted by molar-refractivity contribution is -0.167. The minimum Gasteiger partial charge on any atom is -0.481 e. The number of hydrogen-bond donors (Lipinski definition) is 1. The first-order valence-electron chi connectivity index (χ1n) is 7.55. The van der Waals surface area contributed by atoms with Crippen LogP contribution in [0, 0.1) is 17.3 Å². The van der Waals surface area contributed by atoms with Crippen LogP contribution in [0.3, 0.4) is 0 Å². The molecule has 0 saturated carbocycles. The third-order valence-corrected chi connectivity index (χ3v) is 3.23. The van der Waals surface area contributed by atoms with Crippen LogP contribution in [0.5, 0.6) is 0 Å². The Balaban J connectivity index is 4.73. The van der Waals surface area contributed by atoms with E-state index in [1.807, 2.05) is 27.7 Å². The van der Waals surface area contributed by atoms with Crippen LogP contribution >= 0.6 is 0 Å². The van der Waals surface area contributed by atoms with Gasteiger partial charge in [0.1, 0.15) is 6.10 Å². The van der Waals surface area contributed by atoms with E-state index < -0.39 is 23.5 Å². The van der Waals surface area contributed by atoms with Crippen molar-refractivity contribution in [2.24, 2.45) is 17.3 Å². The van der Waals surface area contributed by atoms with Gasteiger partial charge in [-0.05, 0) is 5.92 Å². The topological polar surface area (TPSA) is 89.9 Å². The quantitative estimate of drug-likeness (QED) is 0.658. The second-order valence-electron chi connectivity index (χ2n) is 6.80. The van der Waals surface area contributed by atoms with Crippen molar-refractivity contribution in [2.75, 3.05) is 6.61 Å². The number of carboxylic acids is 1. The van der Waals surface area contributed by atoms with Gasteiger partial charge in [0.05, 0.1) is 25.4 Å². The summed E-state index contributed by atoms with van der Waals surface area (Å²) in [7, 11) is 0. The van der Waals surface area contributed by atoms with Gasteiger partial charge in [-0.15, -0.1) is 0 Å². The number of carboxylic acid groups (broad SMARTS) is 1. The second-order valence-corrected chi connectivity index (χ2v) is 6.80. The molecule has 0 aromatic carbocycles. The molecule has 1 N–H and O–H groups in total. The lowest BCUT2D eigenvalue weighted by Gasteiger charge is -2.36. The first-order valence-corrected chi connectivity index (χ1v) is 7.55. The van der Waals surface area contributed by atoms with E-state index in [9.17, 15) is 14.4 Å². The molecule has 0 saturated heterocycles. The summed E-state index contributed by atoms with van der Waals surface area (Å²) in [4.78, 5) is 33.8. The molecule has 0 spiro atoms. The SMILES string of the molecule is CC(C)C(=O)OCC(C)(C)C(OC(=O)CCC(=O)O)C(C)C. The van der Waals surface area contributed by atoms with Crippen molar-refractivity contribution in [3.8, 4) is 0 Å². The Labute approximate surface area is 132 Å². The highest BCUT2D eigenvalue weighted by Gasteiger charge is 2.36. The highest BCUT2D eigenvalue weighted by Crippen LogP contribution is 2.30. The van der Waals surface area contributed by atoms with Crippen LogP contribution in [-0.2, 0) is 23.9 Å². The molecule has 128 valence electrons. The number of carbonyl (C=O) groups excluding carboxylic acids is 2. The van der Waals surface area contributed by atoms with Crippen molar-refractivity contribution >= 4 is 17.9 Å². The number of esters is 2. The molecule has 0 fully saturated rings. The van der Waals surface area contributed by atoms with Gasteiger partial charge in [0, 0.05) is 5.41 Å². The molecule has 0 aliphatic rings. The summed E-state index contributed by atoms with van der Waals surface area (Å²) in [6, 6.07) is 0. The largest absolute Gasteiger partial charge is 0.481 e. The maximum atomic E-state index is 11.8. The van der Waals surface area contributed by atoms with Crippen molar-refractivity contribution < 1.29 is 29.0 Å². The first kappa shape index (κ1) is 20.4. The third kappa shape index (κ3) is 7.43. The average Bonchev–Trinajstić information content (AvgIpc) is 2.39. The van der Waals surface area contributed by atoms with Crippen LogP contribution < -0.4 is 0 Å². The van der Waals surface area contributed by atoms with Crippen molar-refractivity contribution in [3.63, 3.8) is 0 Å². The lowest BCUT2D eigenvalue weighted by Crippen LogP contribution is -2.42. The molecule has 1 atom stereocenters. The van der Waals surface area contributed by atoms with Gasteiger partial charge in [-0.25, -0.2) is 0 Å². The van der Waals surface area contributed by atoms with Gasteiger partial charge >= 0.3 is 17.9 Å². The van der Waals surface area contributed by atoms with Crippen LogP contribution in [0.2, 0.25) is 0 Å². The van der Waals surface area contributed by atoms with Gasteiger partial charge in [0.25, 0.3) is 0 Å². The van der Waals surface area contributed by atoms with Crippen molar-refractivity contribution in [1.29, 1.82) is 0 Å². The van der Waals surface area contributed by atoms with Crippen LogP contribution in [0.1, 0.15) is 54.4 Å². The van der Waals surface area contributed by atoms with E-state index >= 15 is 0 Å². The third-order valence-electron chi connectivity index (χ3n) is 3.23. The smallest absolute Gasteiger partial charge is 0.308 e.